The minimum absolute atomic E-state index is 0.0415. The van der Waals surface area contributed by atoms with Crippen LogP contribution in [0.5, 0.6) is 0 Å². The van der Waals surface area contributed by atoms with Gasteiger partial charge in [-0.2, -0.15) is 0 Å². The molecule has 1 amide bonds. The first-order valence-electron chi connectivity index (χ1n) is 6.49. The van der Waals surface area contributed by atoms with Gasteiger partial charge in [-0.05, 0) is 18.2 Å². The van der Waals surface area contributed by atoms with Crippen LogP contribution in [0.4, 0.5) is 5.69 Å². The molecule has 1 aromatic carbocycles. The number of hydrogen-bond acceptors (Lipinski definition) is 4. The Kier molecular flexibility index (Phi) is 4.95. The van der Waals surface area contributed by atoms with Crippen molar-refractivity contribution in [2.45, 2.75) is 0 Å². The molecule has 7 nitrogen and oxygen atoms in total. The molecule has 0 saturated carbocycles. The van der Waals surface area contributed by atoms with Crippen molar-refractivity contribution in [2.75, 3.05) is 17.0 Å². The average Bonchev–Trinajstić information content (AvgIpc) is 2.48. The lowest BCUT2D eigenvalue weighted by Crippen LogP contribution is -2.31. The van der Waals surface area contributed by atoms with Crippen molar-refractivity contribution in [3.05, 3.63) is 64.6 Å². The van der Waals surface area contributed by atoms with Crippen molar-refractivity contribution in [1.82, 2.24) is 10.3 Å². The highest BCUT2D eigenvalue weighted by Gasteiger charge is 2.11. The van der Waals surface area contributed by atoms with Crippen LogP contribution in [0, 0.1) is 0 Å². The fourth-order valence-corrected chi connectivity index (χ4v) is 2.66. The summed E-state index contributed by atoms with van der Waals surface area (Å²) < 4.78 is 26.1. The number of benzene rings is 1. The zero-order valence-corrected chi connectivity index (χ0v) is 12.4. The highest BCUT2D eigenvalue weighted by Crippen LogP contribution is 2.07. The molecule has 0 atom stereocenters. The molecule has 8 heteroatoms. The topological polar surface area (TPSA) is 108 Å². The summed E-state index contributed by atoms with van der Waals surface area (Å²) in [5.41, 5.74) is 0.411. The van der Waals surface area contributed by atoms with E-state index in [4.69, 9.17) is 0 Å². The normalized spacial score (nSPS) is 10.9. The van der Waals surface area contributed by atoms with Gasteiger partial charge in [-0.15, -0.1) is 0 Å². The zero-order chi connectivity index (χ0) is 16.0. The number of pyridine rings is 1. The minimum Gasteiger partial charge on any atom is -0.351 e. The second-order valence-corrected chi connectivity index (χ2v) is 6.33. The molecule has 0 bridgehead atoms. The third-order valence-corrected chi connectivity index (χ3v) is 4.04. The average molecular weight is 321 g/mol. The number of para-hydroxylation sites is 1. The molecule has 0 aliphatic carbocycles. The summed E-state index contributed by atoms with van der Waals surface area (Å²) >= 11 is 0. The number of carbonyl (C=O) groups excluding carboxylic acids is 1. The second kappa shape index (κ2) is 6.90. The van der Waals surface area contributed by atoms with E-state index in [-0.39, 0.29) is 23.4 Å². The number of anilines is 1. The third kappa shape index (κ3) is 4.74. The molecule has 2 rings (SSSR count). The summed E-state index contributed by atoms with van der Waals surface area (Å²) in [7, 11) is -3.54. The quantitative estimate of drug-likeness (QED) is 0.722. The maximum absolute atomic E-state index is 11.9. The molecule has 2 aromatic rings. The van der Waals surface area contributed by atoms with Crippen LogP contribution >= 0.6 is 0 Å². The Labute approximate surface area is 127 Å². The van der Waals surface area contributed by atoms with Gasteiger partial charge in [-0.25, -0.2) is 8.42 Å². The first-order chi connectivity index (χ1) is 10.5. The summed E-state index contributed by atoms with van der Waals surface area (Å²) in [6.07, 6.45) is 1.27. The van der Waals surface area contributed by atoms with Crippen molar-refractivity contribution in [3.63, 3.8) is 0 Å². The Balaban J connectivity index is 1.86. The number of nitrogens with one attached hydrogen (secondary N) is 3. The molecule has 0 radical (unpaired) electrons. The first kappa shape index (κ1) is 15.8. The molecule has 0 fully saturated rings. The summed E-state index contributed by atoms with van der Waals surface area (Å²) in [6, 6.07) is 11.1. The minimum atomic E-state index is -3.54. The molecule has 0 spiro atoms. The van der Waals surface area contributed by atoms with Crippen LogP contribution in [0.25, 0.3) is 0 Å². The van der Waals surface area contributed by atoms with Gasteiger partial charge in [0, 0.05) is 24.5 Å². The number of carbonyl (C=O) groups is 1. The van der Waals surface area contributed by atoms with Crippen LogP contribution in [-0.2, 0) is 10.0 Å². The molecule has 1 heterocycles. The van der Waals surface area contributed by atoms with Crippen LogP contribution in [0.2, 0.25) is 0 Å². The van der Waals surface area contributed by atoms with Crippen molar-refractivity contribution in [2.24, 2.45) is 0 Å². The molecule has 3 N–H and O–H groups in total. The monoisotopic (exact) mass is 321 g/mol. The smallest absolute Gasteiger partial charge is 0.252 e. The van der Waals surface area contributed by atoms with Crippen molar-refractivity contribution in [3.8, 4) is 0 Å². The molecule has 22 heavy (non-hydrogen) atoms. The second-order valence-electron chi connectivity index (χ2n) is 4.48. The van der Waals surface area contributed by atoms with Crippen LogP contribution in [-0.4, -0.2) is 31.6 Å². The number of sulfonamides is 1. The number of hydrogen-bond donors (Lipinski definition) is 3. The van der Waals surface area contributed by atoms with E-state index in [1.807, 2.05) is 0 Å². The van der Waals surface area contributed by atoms with Gasteiger partial charge < -0.3 is 10.3 Å². The Hall–Kier alpha value is -2.61. The molecular formula is C14H15N3O4S. The van der Waals surface area contributed by atoms with Crippen LogP contribution < -0.4 is 15.6 Å². The summed E-state index contributed by atoms with van der Waals surface area (Å²) in [5.74, 6) is -0.706. The number of H-pyrrole nitrogens is 1. The maximum Gasteiger partial charge on any atom is 0.252 e. The third-order valence-electron chi connectivity index (χ3n) is 2.75. The Morgan fingerprint density at radius 2 is 1.82 bits per heavy atom. The standard InChI is InChI=1S/C14H15N3O4S/c18-13-7-6-11(10-16-13)14(19)15-8-9-22(20,21)17-12-4-2-1-3-5-12/h1-7,10,17H,8-9H2,(H,15,19)(H,16,18). The van der Waals surface area contributed by atoms with Gasteiger partial charge in [0.15, 0.2) is 0 Å². The Bertz CT molecular complexity index is 780. The molecule has 0 saturated heterocycles. The number of amides is 1. The lowest BCUT2D eigenvalue weighted by atomic mass is 10.3. The summed E-state index contributed by atoms with van der Waals surface area (Å²) in [6.45, 7) is -0.0415. The van der Waals surface area contributed by atoms with Gasteiger partial charge in [0.2, 0.25) is 15.6 Å². The van der Waals surface area contributed by atoms with Gasteiger partial charge in [0.1, 0.15) is 0 Å². The summed E-state index contributed by atoms with van der Waals surface area (Å²) in [4.78, 5) is 25.0. The highest BCUT2D eigenvalue weighted by molar-refractivity contribution is 7.92. The van der Waals surface area contributed by atoms with E-state index in [1.54, 1.807) is 30.3 Å². The molecule has 0 aliphatic heterocycles. The van der Waals surface area contributed by atoms with E-state index >= 15 is 0 Å². The van der Waals surface area contributed by atoms with Crippen LogP contribution in [0.3, 0.4) is 0 Å². The van der Waals surface area contributed by atoms with Crippen molar-refractivity contribution >= 4 is 21.6 Å². The van der Waals surface area contributed by atoms with E-state index < -0.39 is 15.9 Å². The zero-order valence-electron chi connectivity index (χ0n) is 11.6. The molecule has 1 aromatic heterocycles. The fraction of sp³-hybridized carbons (Fsp3) is 0.143. The molecule has 116 valence electrons. The molecule has 0 aliphatic rings. The lowest BCUT2D eigenvalue weighted by Gasteiger charge is -2.08. The van der Waals surface area contributed by atoms with Gasteiger partial charge in [0.05, 0.1) is 11.3 Å². The van der Waals surface area contributed by atoms with Gasteiger partial charge in [-0.3, -0.25) is 14.3 Å². The maximum atomic E-state index is 11.9. The predicted octanol–water partition coefficient (Wildman–Crippen LogP) is 0.547. The van der Waals surface area contributed by atoms with Crippen molar-refractivity contribution < 1.29 is 13.2 Å². The number of rotatable bonds is 6. The highest BCUT2D eigenvalue weighted by atomic mass is 32.2. The van der Waals surface area contributed by atoms with E-state index in [9.17, 15) is 18.0 Å². The Morgan fingerprint density at radius 3 is 2.45 bits per heavy atom. The Morgan fingerprint density at radius 1 is 1.09 bits per heavy atom. The van der Waals surface area contributed by atoms with Gasteiger partial charge in [-0.1, -0.05) is 18.2 Å². The summed E-state index contributed by atoms with van der Waals surface area (Å²) in [5, 5.41) is 2.48. The van der Waals surface area contributed by atoms with Crippen LogP contribution in [0.15, 0.2) is 53.5 Å². The molecular weight excluding hydrogens is 306 g/mol. The predicted molar refractivity (Wildman–Crippen MR) is 83.2 cm³/mol. The SMILES string of the molecule is O=C(NCCS(=O)(=O)Nc1ccccc1)c1ccc(=O)[nH]c1. The lowest BCUT2D eigenvalue weighted by molar-refractivity contribution is 0.0955. The number of aromatic amines is 1. The van der Waals surface area contributed by atoms with Crippen molar-refractivity contribution in [1.29, 1.82) is 0 Å². The van der Waals surface area contributed by atoms with E-state index in [0.29, 0.717) is 5.69 Å². The van der Waals surface area contributed by atoms with Crippen LogP contribution in [0.1, 0.15) is 10.4 Å². The van der Waals surface area contributed by atoms with E-state index in [0.717, 1.165) is 0 Å². The largest absolute Gasteiger partial charge is 0.351 e. The molecule has 0 unspecified atom stereocenters. The van der Waals surface area contributed by atoms with E-state index in [1.165, 1.54) is 18.3 Å². The number of aromatic nitrogens is 1. The van der Waals surface area contributed by atoms with Gasteiger partial charge >= 0.3 is 0 Å². The fourth-order valence-electron chi connectivity index (χ4n) is 1.69. The van der Waals surface area contributed by atoms with Gasteiger partial charge in [0.25, 0.3) is 5.91 Å². The first-order valence-corrected chi connectivity index (χ1v) is 8.14. The van der Waals surface area contributed by atoms with E-state index in [2.05, 4.69) is 15.0 Å².